The molecule has 0 aromatic heterocycles. The number of nitrogens with one attached hydrogen (secondary N) is 1. The van der Waals surface area contributed by atoms with Gasteiger partial charge in [0.05, 0.1) is 7.11 Å². The second kappa shape index (κ2) is 6.60. The lowest BCUT2D eigenvalue weighted by Crippen LogP contribution is -2.33. The zero-order valence-electron chi connectivity index (χ0n) is 13.2. The summed E-state index contributed by atoms with van der Waals surface area (Å²) in [5.74, 6) is 0.788. The number of nitrogens with zero attached hydrogens (tertiary/aromatic N) is 1. The molecule has 1 aliphatic heterocycles. The minimum absolute atomic E-state index is 0.0165. The highest BCUT2D eigenvalue weighted by atomic mass is 32.2. The lowest BCUT2D eigenvalue weighted by Gasteiger charge is -2.23. The highest BCUT2D eigenvalue weighted by molar-refractivity contribution is 8.01. The third-order valence-electron chi connectivity index (χ3n) is 3.29. The van der Waals surface area contributed by atoms with Crippen molar-refractivity contribution in [3.63, 3.8) is 0 Å². The first-order valence-electron chi connectivity index (χ1n) is 7.25. The average molecular weight is 308 g/mol. The second-order valence-electron chi connectivity index (χ2n) is 6.25. The maximum absolute atomic E-state index is 12.3. The van der Waals surface area contributed by atoms with Crippen molar-refractivity contribution in [1.82, 2.24) is 4.90 Å². The number of ether oxygens (including phenoxy) is 1. The van der Waals surface area contributed by atoms with Crippen LogP contribution in [0.3, 0.4) is 0 Å². The Labute approximate surface area is 131 Å². The van der Waals surface area contributed by atoms with Gasteiger partial charge in [0.1, 0.15) is 5.75 Å². The smallest absolute Gasteiger partial charge is 0.321 e. The van der Waals surface area contributed by atoms with Crippen molar-refractivity contribution in [2.45, 2.75) is 37.2 Å². The highest BCUT2D eigenvalue weighted by Gasteiger charge is 2.29. The Bertz CT molecular complexity index is 482. The normalized spacial score (nSPS) is 18.7. The third-order valence-corrected chi connectivity index (χ3v) is 4.72. The van der Waals surface area contributed by atoms with Crippen molar-refractivity contribution in [3.8, 4) is 5.75 Å². The van der Waals surface area contributed by atoms with Gasteiger partial charge < -0.3 is 15.0 Å². The fourth-order valence-corrected chi connectivity index (χ4v) is 3.86. The van der Waals surface area contributed by atoms with Crippen molar-refractivity contribution in [2.24, 2.45) is 0 Å². The minimum atomic E-state index is -0.0165. The van der Waals surface area contributed by atoms with E-state index in [1.54, 1.807) is 7.11 Å². The Kier molecular flexibility index (Phi) is 5.04. The Morgan fingerprint density at radius 2 is 2.00 bits per heavy atom. The second-order valence-corrected chi connectivity index (χ2v) is 8.37. The van der Waals surface area contributed by atoms with Crippen LogP contribution < -0.4 is 10.1 Å². The van der Waals surface area contributed by atoms with Crippen LogP contribution in [-0.4, -0.2) is 41.1 Å². The summed E-state index contributed by atoms with van der Waals surface area (Å²) in [5, 5.41) is 3.47. The summed E-state index contributed by atoms with van der Waals surface area (Å²) < 4.78 is 5.35. The SMILES string of the molecule is COc1ccc(NC(=O)N2CCC(SC(C)(C)C)C2)cc1. The molecule has 21 heavy (non-hydrogen) atoms. The quantitative estimate of drug-likeness (QED) is 0.922. The molecule has 1 fully saturated rings. The molecule has 1 atom stereocenters. The number of likely N-dealkylation sites (tertiary alicyclic amines) is 1. The molecule has 116 valence electrons. The van der Waals surface area contributed by atoms with E-state index in [2.05, 4.69) is 26.1 Å². The lowest BCUT2D eigenvalue weighted by atomic mass is 10.3. The topological polar surface area (TPSA) is 41.6 Å². The van der Waals surface area contributed by atoms with E-state index in [9.17, 15) is 4.79 Å². The van der Waals surface area contributed by atoms with Crippen molar-refractivity contribution >= 4 is 23.5 Å². The van der Waals surface area contributed by atoms with E-state index in [1.165, 1.54) is 0 Å². The van der Waals surface area contributed by atoms with Gasteiger partial charge >= 0.3 is 6.03 Å². The molecule has 1 saturated heterocycles. The van der Waals surface area contributed by atoms with Gasteiger partial charge in [0.2, 0.25) is 0 Å². The number of anilines is 1. The number of urea groups is 1. The Balaban J connectivity index is 1.86. The number of hydrogen-bond donors (Lipinski definition) is 1. The largest absolute Gasteiger partial charge is 0.497 e. The average Bonchev–Trinajstić information content (AvgIpc) is 2.86. The number of rotatable bonds is 3. The van der Waals surface area contributed by atoms with Gasteiger partial charge in [-0.3, -0.25) is 0 Å². The molecule has 1 aromatic rings. The van der Waals surface area contributed by atoms with Gasteiger partial charge in [0.15, 0.2) is 0 Å². The summed E-state index contributed by atoms with van der Waals surface area (Å²) in [6.45, 7) is 8.31. The van der Waals surface area contributed by atoms with E-state index in [0.717, 1.165) is 30.9 Å². The fourth-order valence-electron chi connectivity index (χ4n) is 2.39. The molecule has 2 amide bonds. The van der Waals surface area contributed by atoms with Crippen LogP contribution in [0.2, 0.25) is 0 Å². The number of carbonyl (C=O) groups excluding carboxylic acids is 1. The molecule has 0 bridgehead atoms. The highest BCUT2D eigenvalue weighted by Crippen LogP contribution is 2.33. The van der Waals surface area contributed by atoms with Crippen LogP contribution in [0, 0.1) is 0 Å². The van der Waals surface area contributed by atoms with Gasteiger partial charge in [0, 0.05) is 28.8 Å². The molecule has 0 saturated carbocycles. The van der Waals surface area contributed by atoms with Crippen molar-refractivity contribution in [1.29, 1.82) is 0 Å². The zero-order valence-corrected chi connectivity index (χ0v) is 14.0. The van der Waals surface area contributed by atoms with Gasteiger partial charge in [-0.25, -0.2) is 4.79 Å². The van der Waals surface area contributed by atoms with Gasteiger partial charge in [-0.2, -0.15) is 11.8 Å². The molecule has 1 N–H and O–H groups in total. The number of carbonyl (C=O) groups is 1. The summed E-state index contributed by atoms with van der Waals surface area (Å²) in [4.78, 5) is 14.2. The van der Waals surface area contributed by atoms with Crippen LogP contribution in [0.5, 0.6) is 5.75 Å². The molecule has 2 rings (SSSR count). The van der Waals surface area contributed by atoms with E-state index in [1.807, 2.05) is 40.9 Å². The van der Waals surface area contributed by atoms with E-state index in [4.69, 9.17) is 4.74 Å². The van der Waals surface area contributed by atoms with Crippen molar-refractivity contribution in [2.75, 3.05) is 25.5 Å². The maximum atomic E-state index is 12.3. The zero-order chi connectivity index (χ0) is 15.5. The number of hydrogen-bond acceptors (Lipinski definition) is 3. The van der Waals surface area contributed by atoms with E-state index >= 15 is 0 Å². The molecule has 0 spiro atoms. The minimum Gasteiger partial charge on any atom is -0.497 e. The molecule has 0 radical (unpaired) electrons. The monoisotopic (exact) mass is 308 g/mol. The Morgan fingerprint density at radius 3 is 2.57 bits per heavy atom. The lowest BCUT2D eigenvalue weighted by molar-refractivity contribution is 0.222. The first kappa shape index (κ1) is 16.0. The molecule has 1 aromatic carbocycles. The molecule has 0 aliphatic carbocycles. The number of amides is 2. The van der Waals surface area contributed by atoms with Crippen LogP contribution in [0.1, 0.15) is 27.2 Å². The summed E-state index contributed by atoms with van der Waals surface area (Å²) in [6, 6.07) is 7.38. The summed E-state index contributed by atoms with van der Waals surface area (Å²) in [7, 11) is 1.63. The van der Waals surface area contributed by atoms with Crippen molar-refractivity contribution in [3.05, 3.63) is 24.3 Å². The van der Waals surface area contributed by atoms with Crippen LogP contribution >= 0.6 is 11.8 Å². The summed E-state index contributed by atoms with van der Waals surface area (Å²) in [6.07, 6.45) is 1.07. The van der Waals surface area contributed by atoms with Crippen LogP contribution in [0.4, 0.5) is 10.5 Å². The van der Waals surface area contributed by atoms with Gasteiger partial charge in [-0.15, -0.1) is 0 Å². The van der Waals surface area contributed by atoms with E-state index in [0.29, 0.717) is 5.25 Å². The van der Waals surface area contributed by atoms with Gasteiger partial charge in [-0.1, -0.05) is 20.8 Å². The van der Waals surface area contributed by atoms with E-state index < -0.39 is 0 Å². The molecular weight excluding hydrogens is 284 g/mol. The summed E-state index contributed by atoms with van der Waals surface area (Å²) >= 11 is 1.96. The van der Waals surface area contributed by atoms with Gasteiger partial charge in [0.25, 0.3) is 0 Å². The van der Waals surface area contributed by atoms with Crippen LogP contribution in [0.25, 0.3) is 0 Å². The molecule has 1 aliphatic rings. The Morgan fingerprint density at radius 1 is 1.33 bits per heavy atom. The van der Waals surface area contributed by atoms with E-state index in [-0.39, 0.29) is 10.8 Å². The molecule has 1 unspecified atom stereocenters. The number of thioether (sulfide) groups is 1. The first-order valence-corrected chi connectivity index (χ1v) is 8.13. The molecular formula is C16H24N2O2S. The Hall–Kier alpha value is -1.36. The predicted molar refractivity (Wildman–Crippen MR) is 89.3 cm³/mol. The van der Waals surface area contributed by atoms with Crippen LogP contribution in [-0.2, 0) is 0 Å². The van der Waals surface area contributed by atoms with Crippen LogP contribution in [0.15, 0.2) is 24.3 Å². The number of benzene rings is 1. The maximum Gasteiger partial charge on any atom is 0.321 e. The third kappa shape index (κ3) is 4.84. The summed E-state index contributed by atoms with van der Waals surface area (Å²) in [5.41, 5.74) is 0.799. The number of methoxy groups -OCH3 is 1. The fraction of sp³-hybridized carbons (Fsp3) is 0.562. The standard InChI is InChI=1S/C16H24N2O2S/c1-16(2,3)21-14-9-10-18(11-14)15(19)17-12-5-7-13(20-4)8-6-12/h5-8,14H,9-11H2,1-4H3,(H,17,19). The first-order chi connectivity index (χ1) is 9.87. The molecule has 4 nitrogen and oxygen atoms in total. The molecule has 1 heterocycles. The predicted octanol–water partition coefficient (Wildman–Crippen LogP) is 3.83. The van der Waals surface area contributed by atoms with Crippen molar-refractivity contribution < 1.29 is 9.53 Å². The molecule has 5 heteroatoms. The van der Waals surface area contributed by atoms with Gasteiger partial charge in [-0.05, 0) is 30.7 Å².